The molecule has 0 saturated carbocycles. The Hall–Kier alpha value is -5.32. The first-order valence-corrected chi connectivity index (χ1v) is 22.8. The molecule has 4 amide bonds. The van der Waals surface area contributed by atoms with Crippen molar-refractivity contribution in [1.82, 2.24) is 45.3 Å². The van der Waals surface area contributed by atoms with E-state index in [1.807, 2.05) is 45.9 Å². The summed E-state index contributed by atoms with van der Waals surface area (Å²) in [5, 5.41) is 14.6. The number of hydrogen-bond acceptors (Lipinski definition) is 13. The Morgan fingerprint density at radius 1 is 0.839 bits per heavy atom. The molecule has 4 fully saturated rings. The fraction of sp³-hybridized carbons (Fsp3) is 0.565. The van der Waals surface area contributed by atoms with Crippen LogP contribution in [0, 0.1) is 5.92 Å². The minimum atomic E-state index is -0.954. The maximum Gasteiger partial charge on any atom is 0.262 e. The number of H-pyrrole nitrogens is 1. The van der Waals surface area contributed by atoms with Crippen molar-refractivity contribution in [2.45, 2.75) is 78.5 Å². The summed E-state index contributed by atoms with van der Waals surface area (Å²) < 4.78 is 5.96. The van der Waals surface area contributed by atoms with Crippen molar-refractivity contribution < 1.29 is 26.8 Å². The van der Waals surface area contributed by atoms with E-state index in [1.165, 1.54) is 12.8 Å². The molecule has 2 aromatic carbocycles. The zero-order chi connectivity index (χ0) is 43.5. The number of aromatic amines is 1. The lowest BCUT2D eigenvalue weighted by Gasteiger charge is -2.43. The van der Waals surface area contributed by atoms with Crippen LogP contribution in [0.4, 0.5) is 5.69 Å². The molecule has 0 radical (unpaired) electrons. The molecular weight excluding hydrogens is 787 g/mol. The number of rotatable bonds is 10. The van der Waals surface area contributed by atoms with E-state index in [0.29, 0.717) is 29.8 Å². The number of ether oxygens (including phenoxy) is 1. The highest BCUT2D eigenvalue weighted by Gasteiger charge is 2.45. The Balaban J connectivity index is 0.00000168. The van der Waals surface area contributed by atoms with Crippen molar-refractivity contribution in [3.8, 4) is 5.75 Å². The van der Waals surface area contributed by atoms with Crippen molar-refractivity contribution in [3.05, 3.63) is 59.3 Å². The summed E-state index contributed by atoms with van der Waals surface area (Å²) >= 11 is 0. The normalized spacial score (nSPS) is 23.2. The molecule has 4 saturated heterocycles. The number of amides is 4. The number of nitrogens with zero attached hydrogens (tertiary/aromatic N) is 8. The predicted octanol–water partition coefficient (Wildman–Crippen LogP) is 4.11. The highest BCUT2D eigenvalue weighted by atomic mass is 16.5. The number of aromatic nitrogens is 2. The first-order valence-electron chi connectivity index (χ1n) is 22.8. The van der Waals surface area contributed by atoms with Crippen LogP contribution in [0.15, 0.2) is 47.5 Å². The Morgan fingerprint density at radius 3 is 2.34 bits per heavy atom. The molecule has 7 heterocycles. The maximum atomic E-state index is 13.4. The zero-order valence-electron chi connectivity index (χ0n) is 37.0. The van der Waals surface area contributed by atoms with E-state index in [1.54, 1.807) is 12.1 Å². The minimum Gasteiger partial charge on any atom is -0.491 e. The summed E-state index contributed by atoms with van der Waals surface area (Å²) in [6.45, 7) is 23.0. The van der Waals surface area contributed by atoms with Gasteiger partial charge < -0.3 is 24.8 Å². The lowest BCUT2D eigenvalue weighted by atomic mass is 9.96. The van der Waals surface area contributed by atoms with E-state index in [-0.39, 0.29) is 27.7 Å². The number of amidine groups is 1. The Labute approximate surface area is 367 Å². The number of likely N-dealkylation sites (tertiary alicyclic amines) is 1. The molecule has 1 unspecified atom stereocenters. The number of nitrogens with one attached hydrogen (secondary N) is 3. The van der Waals surface area contributed by atoms with E-state index >= 15 is 0 Å². The van der Waals surface area contributed by atoms with Gasteiger partial charge in [0.25, 0.3) is 11.8 Å². The fourth-order valence-electron chi connectivity index (χ4n) is 9.73. The van der Waals surface area contributed by atoms with Gasteiger partial charge in [-0.1, -0.05) is 13.8 Å². The van der Waals surface area contributed by atoms with Crippen LogP contribution in [0.2, 0.25) is 0 Å². The number of hydrogen-bond donors (Lipinski definition) is 3. The Kier molecular flexibility index (Phi) is 13.3. The van der Waals surface area contributed by atoms with Crippen LogP contribution in [0.5, 0.6) is 5.75 Å². The van der Waals surface area contributed by atoms with Crippen LogP contribution >= 0.6 is 0 Å². The van der Waals surface area contributed by atoms with Crippen molar-refractivity contribution in [2.24, 2.45) is 10.9 Å². The second-order valence-electron chi connectivity index (χ2n) is 17.4. The topological polar surface area (TPSA) is 162 Å². The molecule has 0 aliphatic carbocycles. The molecule has 9 rings (SSSR count). The van der Waals surface area contributed by atoms with Crippen LogP contribution in [0.3, 0.4) is 0 Å². The average Bonchev–Trinajstić information content (AvgIpc) is 3.81. The van der Waals surface area contributed by atoms with E-state index < -0.39 is 23.8 Å². The number of piperazine rings is 2. The van der Waals surface area contributed by atoms with Gasteiger partial charge in [-0.2, -0.15) is 5.10 Å². The van der Waals surface area contributed by atoms with Crippen LogP contribution in [0.25, 0.3) is 16.6 Å². The molecule has 2 atom stereocenters. The molecule has 0 spiro atoms. The maximum absolute atomic E-state index is 13.4. The second-order valence-corrected chi connectivity index (χ2v) is 17.4. The van der Waals surface area contributed by atoms with Crippen molar-refractivity contribution in [1.29, 1.82) is 0 Å². The van der Waals surface area contributed by atoms with Crippen LogP contribution in [0.1, 0.15) is 89.6 Å². The number of carbonyl (C=O) groups is 4. The number of carbonyl (C=O) groups excluding carboxylic acids is 4. The molecule has 3 N–H and O–H groups in total. The van der Waals surface area contributed by atoms with Crippen molar-refractivity contribution >= 4 is 51.8 Å². The summed E-state index contributed by atoms with van der Waals surface area (Å²) in [6.07, 6.45) is 4.94. The second kappa shape index (κ2) is 19.0. The Bertz CT molecular complexity index is 2220. The molecule has 3 aromatic rings. The Morgan fingerprint density at radius 2 is 1.60 bits per heavy atom. The molecule has 16 nitrogen and oxygen atoms in total. The smallest absolute Gasteiger partial charge is 0.262 e. The molecule has 6 aliphatic rings. The SMILES string of the molecule is CC.CC(C)Oc1ccc2[nH]nc(C3=CC(N4CCN(CCN5CCC(CN6CCN(c7ccc8c(c7)C(=O)N(C7CCC(=O)NC7=O)C8=O)CC6)CC5)[C@@H](C)C4)=NCN3)c2c1.[HH].[HH]. The van der Waals surface area contributed by atoms with Gasteiger partial charge in [0.05, 0.1) is 28.4 Å². The highest BCUT2D eigenvalue weighted by molar-refractivity contribution is 6.23. The van der Waals surface area contributed by atoms with Crippen LogP contribution in [-0.4, -0.2) is 168 Å². The highest BCUT2D eigenvalue weighted by Crippen LogP contribution is 2.32. The summed E-state index contributed by atoms with van der Waals surface area (Å²) in [6, 6.07) is 11.0. The summed E-state index contributed by atoms with van der Waals surface area (Å²) in [4.78, 5) is 69.0. The standard InChI is InChI=1S/C44H57N11O5.C2H6.2H2/c1-28(2)60-32-5-7-36-35(23-32)41(49-48-36)37-24-39(46-27-45-37)54-21-20-52(29(3)25-54)17-14-50-12-10-30(11-13-50)26-51-15-18-53(19-16-51)31-4-6-33-34(22-31)44(59)55(43(33)58)38-8-9-40(56)47-42(38)57;1-2;;/h4-7,22-24,28-30,38,45H,8-21,25-27H2,1-3H3,(H,48,49)(H,47,56,57);1-2H3;2*1H/t29-,38?;;;/m0.../s1. The van der Waals surface area contributed by atoms with Crippen molar-refractivity contribution in [2.75, 3.05) is 90.1 Å². The fourth-order valence-corrected chi connectivity index (χ4v) is 9.73. The third kappa shape index (κ3) is 9.23. The molecule has 336 valence electrons. The summed E-state index contributed by atoms with van der Waals surface area (Å²) in [5.74, 6) is 0.647. The van der Waals surface area contributed by atoms with Gasteiger partial charge in [-0.3, -0.25) is 44.3 Å². The molecule has 62 heavy (non-hydrogen) atoms. The lowest BCUT2D eigenvalue weighted by molar-refractivity contribution is -0.136. The number of fused-ring (bicyclic) bond motifs is 2. The number of imide groups is 2. The molecule has 1 aromatic heterocycles. The molecular formula is C46H67N11O5. The van der Waals surface area contributed by atoms with Gasteiger partial charge in [-0.15, -0.1) is 0 Å². The summed E-state index contributed by atoms with van der Waals surface area (Å²) in [7, 11) is 0. The van der Waals surface area contributed by atoms with Gasteiger partial charge in [0, 0.05) is 97.9 Å². The molecule has 16 heteroatoms. The van der Waals surface area contributed by atoms with Gasteiger partial charge in [0.2, 0.25) is 11.8 Å². The van der Waals surface area contributed by atoms with Crippen molar-refractivity contribution in [3.63, 3.8) is 0 Å². The first kappa shape index (κ1) is 43.3. The third-order valence-electron chi connectivity index (χ3n) is 13.1. The zero-order valence-corrected chi connectivity index (χ0v) is 37.0. The molecule has 0 bridgehead atoms. The quantitative estimate of drug-likeness (QED) is 0.251. The van der Waals surface area contributed by atoms with Gasteiger partial charge in [0.15, 0.2) is 0 Å². The van der Waals surface area contributed by atoms with Crippen LogP contribution < -0.4 is 20.3 Å². The van der Waals surface area contributed by atoms with E-state index in [9.17, 15) is 19.2 Å². The number of piperidine rings is 2. The van der Waals surface area contributed by atoms with Gasteiger partial charge in [-0.05, 0) is 95.4 Å². The third-order valence-corrected chi connectivity index (χ3v) is 13.1. The monoisotopic (exact) mass is 854 g/mol. The number of benzene rings is 2. The van der Waals surface area contributed by atoms with Gasteiger partial charge in [0.1, 0.15) is 30.0 Å². The summed E-state index contributed by atoms with van der Waals surface area (Å²) in [5.41, 5.74) is 4.41. The molecule has 6 aliphatic heterocycles. The predicted molar refractivity (Wildman–Crippen MR) is 244 cm³/mol. The van der Waals surface area contributed by atoms with E-state index in [2.05, 4.69) is 64.4 Å². The van der Waals surface area contributed by atoms with E-state index in [0.717, 1.165) is 123 Å². The average molecular weight is 854 g/mol. The van der Waals surface area contributed by atoms with Gasteiger partial charge >= 0.3 is 0 Å². The van der Waals surface area contributed by atoms with Crippen LogP contribution in [-0.2, 0) is 9.59 Å². The largest absolute Gasteiger partial charge is 0.491 e. The lowest BCUT2D eigenvalue weighted by Crippen LogP contribution is -2.55. The van der Waals surface area contributed by atoms with Gasteiger partial charge in [-0.25, -0.2) is 4.99 Å². The first-order chi connectivity index (χ1) is 30.1. The number of anilines is 1. The minimum absolute atomic E-state index is 0. The van der Waals surface area contributed by atoms with E-state index in [4.69, 9.17) is 9.73 Å². The number of aliphatic imine (C=N–C) groups is 1.